The van der Waals surface area contributed by atoms with Gasteiger partial charge in [0.15, 0.2) is 11.5 Å². The number of methoxy groups -OCH3 is 2. The Balaban J connectivity index is 1.50. The highest BCUT2D eigenvalue weighted by Crippen LogP contribution is 2.35. The number of nitrogens with zero attached hydrogens (tertiary/aromatic N) is 1. The molecule has 0 saturated carbocycles. The molecule has 1 saturated heterocycles. The van der Waals surface area contributed by atoms with Gasteiger partial charge in [0.25, 0.3) is 11.1 Å². The molecule has 7 nitrogen and oxygen atoms in total. The SMILES string of the molecule is COc1ccc(C(=O)Oc2ccc(/C=C3\SC(=O)N(Cc4cccc(Cl)c4)C3=O)cc2OC)cc1. The van der Waals surface area contributed by atoms with Gasteiger partial charge >= 0.3 is 5.97 Å². The number of carbonyl (C=O) groups excluding carboxylic acids is 3. The monoisotopic (exact) mass is 509 g/mol. The van der Waals surface area contributed by atoms with E-state index in [1.807, 2.05) is 0 Å². The Kier molecular flexibility index (Phi) is 7.43. The van der Waals surface area contributed by atoms with E-state index in [2.05, 4.69) is 0 Å². The summed E-state index contributed by atoms with van der Waals surface area (Å²) in [6, 6.07) is 18.4. The molecule has 0 N–H and O–H groups in total. The van der Waals surface area contributed by atoms with Gasteiger partial charge in [0.1, 0.15) is 5.75 Å². The van der Waals surface area contributed by atoms with E-state index >= 15 is 0 Å². The van der Waals surface area contributed by atoms with Crippen LogP contribution < -0.4 is 14.2 Å². The third kappa shape index (κ3) is 5.67. The van der Waals surface area contributed by atoms with Crippen molar-refractivity contribution in [3.8, 4) is 17.2 Å². The number of benzene rings is 3. The van der Waals surface area contributed by atoms with Crippen LogP contribution in [0.3, 0.4) is 0 Å². The average molecular weight is 510 g/mol. The molecule has 0 bridgehead atoms. The van der Waals surface area contributed by atoms with Crippen molar-refractivity contribution in [2.24, 2.45) is 0 Å². The summed E-state index contributed by atoms with van der Waals surface area (Å²) in [5.41, 5.74) is 1.72. The Bertz CT molecular complexity index is 1320. The van der Waals surface area contributed by atoms with Crippen molar-refractivity contribution >= 4 is 46.6 Å². The average Bonchev–Trinajstić information content (AvgIpc) is 3.12. The fourth-order valence-corrected chi connectivity index (χ4v) is 4.40. The molecule has 178 valence electrons. The zero-order valence-electron chi connectivity index (χ0n) is 18.8. The smallest absolute Gasteiger partial charge is 0.343 e. The van der Waals surface area contributed by atoms with E-state index in [1.54, 1.807) is 79.9 Å². The first kappa shape index (κ1) is 24.4. The Hall–Kier alpha value is -3.75. The first-order valence-electron chi connectivity index (χ1n) is 10.4. The molecule has 2 amide bonds. The summed E-state index contributed by atoms with van der Waals surface area (Å²) >= 11 is 6.86. The van der Waals surface area contributed by atoms with Crippen LogP contribution in [0.4, 0.5) is 4.79 Å². The molecule has 1 fully saturated rings. The Labute approximate surface area is 211 Å². The summed E-state index contributed by atoms with van der Waals surface area (Å²) in [4.78, 5) is 39.3. The van der Waals surface area contributed by atoms with Crippen molar-refractivity contribution in [3.05, 3.63) is 93.3 Å². The van der Waals surface area contributed by atoms with E-state index < -0.39 is 11.9 Å². The Morgan fingerprint density at radius 1 is 0.971 bits per heavy atom. The van der Waals surface area contributed by atoms with E-state index in [0.29, 0.717) is 27.6 Å². The maximum atomic E-state index is 12.9. The normalized spacial score (nSPS) is 14.4. The molecule has 9 heteroatoms. The van der Waals surface area contributed by atoms with E-state index in [9.17, 15) is 14.4 Å². The molecule has 3 aromatic rings. The minimum Gasteiger partial charge on any atom is -0.497 e. The van der Waals surface area contributed by atoms with Gasteiger partial charge in [-0.15, -0.1) is 0 Å². The number of hydrogen-bond acceptors (Lipinski definition) is 7. The number of thioether (sulfide) groups is 1. The highest BCUT2D eigenvalue weighted by Gasteiger charge is 2.35. The Morgan fingerprint density at radius 2 is 1.74 bits per heavy atom. The molecule has 0 radical (unpaired) electrons. The van der Waals surface area contributed by atoms with Crippen LogP contribution in [0.5, 0.6) is 17.2 Å². The molecule has 1 aliphatic rings. The number of halogens is 1. The van der Waals surface area contributed by atoms with Crippen molar-refractivity contribution in [3.63, 3.8) is 0 Å². The van der Waals surface area contributed by atoms with Gasteiger partial charge in [-0.3, -0.25) is 14.5 Å². The van der Waals surface area contributed by atoms with E-state index in [-0.39, 0.29) is 22.4 Å². The second kappa shape index (κ2) is 10.7. The topological polar surface area (TPSA) is 82.1 Å². The van der Waals surface area contributed by atoms with Gasteiger partial charge in [-0.1, -0.05) is 29.8 Å². The van der Waals surface area contributed by atoms with Gasteiger partial charge in [-0.2, -0.15) is 0 Å². The summed E-state index contributed by atoms with van der Waals surface area (Å²) in [6.07, 6.45) is 1.60. The number of amides is 2. The molecule has 0 atom stereocenters. The van der Waals surface area contributed by atoms with Crippen molar-refractivity contribution < 1.29 is 28.6 Å². The fraction of sp³-hybridized carbons (Fsp3) is 0.115. The van der Waals surface area contributed by atoms with Gasteiger partial charge in [-0.25, -0.2) is 4.79 Å². The highest BCUT2D eigenvalue weighted by molar-refractivity contribution is 8.18. The first-order chi connectivity index (χ1) is 16.9. The highest BCUT2D eigenvalue weighted by atomic mass is 35.5. The van der Waals surface area contributed by atoms with Crippen molar-refractivity contribution in [1.82, 2.24) is 4.90 Å². The summed E-state index contributed by atoms with van der Waals surface area (Å²) in [5.74, 6) is 0.202. The molecule has 1 heterocycles. The van der Waals surface area contributed by atoms with E-state index in [4.69, 9.17) is 25.8 Å². The van der Waals surface area contributed by atoms with Gasteiger partial charge in [0, 0.05) is 5.02 Å². The maximum Gasteiger partial charge on any atom is 0.343 e. The van der Waals surface area contributed by atoms with Crippen LogP contribution in [0.25, 0.3) is 6.08 Å². The molecule has 0 spiro atoms. The summed E-state index contributed by atoms with van der Waals surface area (Å²) < 4.78 is 16.0. The lowest BCUT2D eigenvalue weighted by molar-refractivity contribution is -0.123. The molecule has 3 aromatic carbocycles. The van der Waals surface area contributed by atoms with Crippen LogP contribution in [-0.4, -0.2) is 36.2 Å². The third-order valence-corrected chi connectivity index (χ3v) is 6.26. The van der Waals surface area contributed by atoms with E-state index in [1.165, 1.54) is 12.0 Å². The van der Waals surface area contributed by atoms with Crippen LogP contribution in [0.1, 0.15) is 21.5 Å². The fourth-order valence-electron chi connectivity index (χ4n) is 3.35. The number of rotatable bonds is 7. The number of esters is 1. The zero-order chi connectivity index (χ0) is 24.9. The number of imide groups is 1. The standard InChI is InChI=1S/C26H20ClNO6S/c1-32-20-9-7-18(8-10-20)25(30)34-21-11-6-16(13-22(21)33-2)14-23-24(29)28(26(31)35-23)15-17-4-3-5-19(27)12-17/h3-14H,15H2,1-2H3/b23-14-. The van der Waals surface area contributed by atoms with Crippen molar-refractivity contribution in [1.29, 1.82) is 0 Å². The lowest BCUT2D eigenvalue weighted by Crippen LogP contribution is -2.27. The van der Waals surface area contributed by atoms with E-state index in [0.717, 1.165) is 17.3 Å². The molecule has 0 aliphatic carbocycles. The van der Waals surface area contributed by atoms with Crippen LogP contribution in [-0.2, 0) is 11.3 Å². The minimum absolute atomic E-state index is 0.131. The predicted octanol–water partition coefficient (Wildman–Crippen LogP) is 5.81. The number of carbonyl (C=O) groups is 3. The molecule has 0 unspecified atom stereocenters. The molecular weight excluding hydrogens is 490 g/mol. The maximum absolute atomic E-state index is 12.9. The lowest BCUT2D eigenvalue weighted by Gasteiger charge is -2.12. The summed E-state index contributed by atoms with van der Waals surface area (Å²) in [6.45, 7) is 0.131. The Morgan fingerprint density at radius 3 is 2.43 bits per heavy atom. The van der Waals surface area contributed by atoms with Crippen molar-refractivity contribution in [2.75, 3.05) is 14.2 Å². The second-order valence-corrected chi connectivity index (χ2v) is 8.86. The minimum atomic E-state index is -0.555. The molecule has 4 rings (SSSR count). The van der Waals surface area contributed by atoms with Crippen LogP contribution in [0, 0.1) is 0 Å². The largest absolute Gasteiger partial charge is 0.497 e. The third-order valence-electron chi connectivity index (χ3n) is 5.12. The lowest BCUT2D eigenvalue weighted by atomic mass is 10.1. The molecule has 35 heavy (non-hydrogen) atoms. The number of hydrogen-bond donors (Lipinski definition) is 0. The van der Waals surface area contributed by atoms with Gasteiger partial charge in [0.2, 0.25) is 0 Å². The molecule has 1 aliphatic heterocycles. The van der Waals surface area contributed by atoms with Crippen molar-refractivity contribution in [2.45, 2.75) is 6.54 Å². The van der Waals surface area contributed by atoms with Gasteiger partial charge in [-0.05, 0) is 77.5 Å². The van der Waals surface area contributed by atoms with Crippen LogP contribution >= 0.6 is 23.4 Å². The predicted molar refractivity (Wildman–Crippen MR) is 134 cm³/mol. The summed E-state index contributed by atoms with van der Waals surface area (Å²) in [5, 5.41) is 0.170. The second-order valence-electron chi connectivity index (χ2n) is 7.43. The molecular formula is C26H20ClNO6S. The first-order valence-corrected chi connectivity index (χ1v) is 11.6. The van der Waals surface area contributed by atoms with Gasteiger partial charge < -0.3 is 14.2 Å². The van der Waals surface area contributed by atoms with Crippen LogP contribution in [0.2, 0.25) is 5.02 Å². The zero-order valence-corrected chi connectivity index (χ0v) is 20.4. The number of ether oxygens (including phenoxy) is 3. The molecule has 0 aromatic heterocycles. The van der Waals surface area contributed by atoms with Crippen LogP contribution in [0.15, 0.2) is 71.6 Å². The van der Waals surface area contributed by atoms with Gasteiger partial charge in [0.05, 0.1) is 31.2 Å². The quantitative estimate of drug-likeness (QED) is 0.226. The summed E-state index contributed by atoms with van der Waals surface area (Å²) in [7, 11) is 2.99.